The fraction of sp³-hybridized carbons (Fsp3) is 0.500. The Kier molecular flexibility index (Phi) is 3.52. The summed E-state index contributed by atoms with van der Waals surface area (Å²) in [4.78, 5) is 0. The molecule has 2 heterocycles. The van der Waals surface area contributed by atoms with Crippen molar-refractivity contribution in [3.63, 3.8) is 0 Å². The van der Waals surface area contributed by atoms with Crippen molar-refractivity contribution in [3.05, 3.63) is 47.2 Å². The van der Waals surface area contributed by atoms with E-state index in [1.54, 1.807) is 0 Å². The van der Waals surface area contributed by atoms with E-state index in [4.69, 9.17) is 0 Å². The summed E-state index contributed by atoms with van der Waals surface area (Å²) in [5.74, 6) is 1.20. The van der Waals surface area contributed by atoms with E-state index in [1.807, 2.05) is 6.20 Å². The van der Waals surface area contributed by atoms with Gasteiger partial charge in [-0.05, 0) is 29.4 Å². The number of rotatable bonds is 2. The van der Waals surface area contributed by atoms with E-state index in [9.17, 15) is 0 Å². The van der Waals surface area contributed by atoms with Gasteiger partial charge in [-0.3, -0.25) is 0 Å². The summed E-state index contributed by atoms with van der Waals surface area (Å²) >= 11 is 0. The van der Waals surface area contributed by atoms with E-state index in [-0.39, 0.29) is 5.41 Å². The highest BCUT2D eigenvalue weighted by Gasteiger charge is 2.24. The van der Waals surface area contributed by atoms with Gasteiger partial charge in [0.15, 0.2) is 0 Å². The van der Waals surface area contributed by atoms with Crippen LogP contribution in [0.15, 0.2) is 30.5 Å². The minimum Gasteiger partial charge on any atom is -0.370 e. The summed E-state index contributed by atoms with van der Waals surface area (Å²) in [5, 5.41) is 8.11. The lowest BCUT2D eigenvalue weighted by Crippen LogP contribution is -2.25. The first-order chi connectivity index (χ1) is 10.0. The summed E-state index contributed by atoms with van der Waals surface area (Å²) < 4.78 is 2.16. The predicted octanol–water partition coefficient (Wildman–Crippen LogP) is 4.15. The predicted molar refractivity (Wildman–Crippen MR) is 88.0 cm³/mol. The van der Waals surface area contributed by atoms with Gasteiger partial charge < -0.3 is 5.32 Å². The number of anilines is 1. The van der Waals surface area contributed by atoms with Crippen molar-refractivity contribution >= 4 is 5.82 Å². The molecule has 2 aromatic rings. The van der Waals surface area contributed by atoms with Crippen molar-refractivity contribution in [1.82, 2.24) is 9.78 Å². The molecule has 3 nitrogen and oxygen atoms in total. The van der Waals surface area contributed by atoms with Crippen LogP contribution in [0.3, 0.4) is 0 Å². The Labute approximate surface area is 127 Å². The zero-order valence-electron chi connectivity index (χ0n) is 13.5. The maximum Gasteiger partial charge on any atom is 0.128 e. The van der Waals surface area contributed by atoms with Crippen LogP contribution in [0, 0.1) is 0 Å². The monoisotopic (exact) mass is 283 g/mol. The maximum absolute atomic E-state index is 4.61. The molecule has 1 aromatic carbocycles. The molecule has 1 aliphatic heterocycles. The smallest absolute Gasteiger partial charge is 0.128 e. The van der Waals surface area contributed by atoms with Crippen molar-refractivity contribution < 1.29 is 0 Å². The second kappa shape index (κ2) is 5.21. The number of nitrogens with one attached hydrogen (secondary N) is 1. The van der Waals surface area contributed by atoms with E-state index in [0.29, 0.717) is 6.04 Å². The molecule has 1 aromatic heterocycles. The number of aryl methyl sites for hydroxylation is 1. The van der Waals surface area contributed by atoms with Crippen LogP contribution in [0.25, 0.3) is 0 Å². The van der Waals surface area contributed by atoms with Crippen molar-refractivity contribution in [1.29, 1.82) is 0 Å². The first kappa shape index (κ1) is 14.2. The standard InChI is InChI=1S/C18H25N3/c1-5-13-12-20-21-16(10-11-19-17(13)21)14-6-8-15(9-7-14)18(2,3)4/h6-9,12,16,19H,5,10-11H2,1-4H3. The van der Waals surface area contributed by atoms with Crippen LogP contribution in [-0.2, 0) is 11.8 Å². The third kappa shape index (κ3) is 2.57. The average Bonchev–Trinajstić information content (AvgIpc) is 2.89. The third-order valence-electron chi connectivity index (χ3n) is 4.42. The zero-order chi connectivity index (χ0) is 15.0. The molecule has 0 radical (unpaired) electrons. The zero-order valence-corrected chi connectivity index (χ0v) is 13.5. The van der Waals surface area contributed by atoms with Crippen LogP contribution in [0.4, 0.5) is 5.82 Å². The second-order valence-corrected chi connectivity index (χ2v) is 6.92. The summed E-state index contributed by atoms with van der Waals surface area (Å²) in [7, 11) is 0. The van der Waals surface area contributed by atoms with Crippen LogP contribution in [0.2, 0.25) is 0 Å². The van der Waals surface area contributed by atoms with E-state index in [2.05, 4.69) is 67.1 Å². The van der Waals surface area contributed by atoms with Crippen molar-refractivity contribution in [2.24, 2.45) is 0 Å². The van der Waals surface area contributed by atoms with E-state index < -0.39 is 0 Å². The quantitative estimate of drug-likeness (QED) is 0.897. The van der Waals surface area contributed by atoms with Gasteiger partial charge in [-0.25, -0.2) is 4.68 Å². The molecule has 112 valence electrons. The van der Waals surface area contributed by atoms with Crippen LogP contribution >= 0.6 is 0 Å². The molecular weight excluding hydrogens is 258 g/mol. The number of nitrogens with zero attached hydrogens (tertiary/aromatic N) is 2. The third-order valence-corrected chi connectivity index (χ3v) is 4.42. The largest absolute Gasteiger partial charge is 0.370 e. The van der Waals surface area contributed by atoms with Crippen molar-refractivity contribution in [3.8, 4) is 0 Å². The van der Waals surface area contributed by atoms with Crippen LogP contribution < -0.4 is 5.32 Å². The van der Waals surface area contributed by atoms with Gasteiger partial charge in [-0.1, -0.05) is 52.0 Å². The molecule has 0 saturated carbocycles. The summed E-state index contributed by atoms with van der Waals surface area (Å²) in [6.45, 7) is 9.97. The van der Waals surface area contributed by atoms with Crippen molar-refractivity contribution in [2.75, 3.05) is 11.9 Å². The van der Waals surface area contributed by atoms with Gasteiger partial charge in [0, 0.05) is 12.1 Å². The molecule has 0 spiro atoms. The Hall–Kier alpha value is -1.77. The molecule has 3 heteroatoms. The SMILES string of the molecule is CCc1cnn2c1NCCC2c1ccc(C(C)(C)C)cc1. The molecule has 0 amide bonds. The molecule has 21 heavy (non-hydrogen) atoms. The van der Waals surface area contributed by atoms with Gasteiger partial charge in [0.2, 0.25) is 0 Å². The van der Waals surface area contributed by atoms with Gasteiger partial charge in [-0.15, -0.1) is 0 Å². The average molecular weight is 283 g/mol. The molecule has 3 rings (SSSR count). The van der Waals surface area contributed by atoms with Gasteiger partial charge >= 0.3 is 0 Å². The Morgan fingerprint density at radius 1 is 1.24 bits per heavy atom. The minimum atomic E-state index is 0.207. The maximum atomic E-state index is 4.61. The van der Waals surface area contributed by atoms with Gasteiger partial charge in [0.25, 0.3) is 0 Å². The van der Waals surface area contributed by atoms with Crippen molar-refractivity contribution in [2.45, 2.75) is 52.0 Å². The fourth-order valence-corrected chi connectivity index (χ4v) is 3.05. The highest BCUT2D eigenvalue weighted by Crippen LogP contribution is 2.32. The molecule has 1 N–H and O–H groups in total. The second-order valence-electron chi connectivity index (χ2n) is 6.92. The molecular formula is C18H25N3. The number of aromatic nitrogens is 2. The van der Waals surface area contributed by atoms with E-state index in [1.165, 1.54) is 22.5 Å². The molecule has 0 aliphatic carbocycles. The summed E-state index contributed by atoms with van der Waals surface area (Å²) in [6, 6.07) is 9.43. The highest BCUT2D eigenvalue weighted by atomic mass is 15.4. The summed E-state index contributed by atoms with van der Waals surface area (Å²) in [6.07, 6.45) is 4.12. The Balaban J connectivity index is 1.94. The molecule has 1 unspecified atom stereocenters. The molecule has 0 fully saturated rings. The number of benzene rings is 1. The molecule has 0 bridgehead atoms. The van der Waals surface area contributed by atoms with Crippen LogP contribution in [-0.4, -0.2) is 16.3 Å². The van der Waals surface area contributed by atoms with Crippen LogP contribution in [0.5, 0.6) is 0 Å². The molecule has 0 saturated heterocycles. The van der Waals surface area contributed by atoms with Gasteiger partial charge in [0.05, 0.1) is 12.2 Å². The minimum absolute atomic E-state index is 0.207. The Morgan fingerprint density at radius 2 is 1.95 bits per heavy atom. The van der Waals surface area contributed by atoms with E-state index >= 15 is 0 Å². The lowest BCUT2D eigenvalue weighted by atomic mass is 9.86. The lowest BCUT2D eigenvalue weighted by Gasteiger charge is -2.27. The number of hydrogen-bond acceptors (Lipinski definition) is 2. The molecule has 1 aliphatic rings. The Bertz CT molecular complexity index is 617. The Morgan fingerprint density at radius 3 is 2.57 bits per heavy atom. The highest BCUT2D eigenvalue weighted by molar-refractivity contribution is 5.47. The number of fused-ring (bicyclic) bond motifs is 1. The first-order valence-electron chi connectivity index (χ1n) is 7.91. The topological polar surface area (TPSA) is 29.9 Å². The summed E-state index contributed by atoms with van der Waals surface area (Å²) in [5.41, 5.74) is 4.26. The molecule has 1 atom stereocenters. The van der Waals surface area contributed by atoms with Gasteiger partial charge in [0.1, 0.15) is 5.82 Å². The lowest BCUT2D eigenvalue weighted by molar-refractivity contribution is 0.481. The van der Waals surface area contributed by atoms with E-state index in [0.717, 1.165) is 19.4 Å². The number of hydrogen-bond donors (Lipinski definition) is 1. The fourth-order valence-electron chi connectivity index (χ4n) is 3.05. The first-order valence-corrected chi connectivity index (χ1v) is 7.91. The normalized spacial score (nSPS) is 18.2. The van der Waals surface area contributed by atoms with Crippen LogP contribution in [0.1, 0.15) is 56.8 Å². The van der Waals surface area contributed by atoms with Gasteiger partial charge in [-0.2, -0.15) is 5.10 Å².